The second kappa shape index (κ2) is 16.1. The molecule has 0 saturated carbocycles. The molecular weight excluding hydrogens is 506 g/mol. The zero-order valence-electron chi connectivity index (χ0n) is 26.7. The lowest BCUT2D eigenvalue weighted by Crippen LogP contribution is -2.54. The van der Waals surface area contributed by atoms with Gasteiger partial charge in [-0.2, -0.15) is 0 Å². The molecule has 2 aromatic rings. The van der Waals surface area contributed by atoms with Crippen molar-refractivity contribution in [3.63, 3.8) is 0 Å². The summed E-state index contributed by atoms with van der Waals surface area (Å²) >= 11 is 0. The van der Waals surface area contributed by atoms with Crippen molar-refractivity contribution in [3.8, 4) is 0 Å². The van der Waals surface area contributed by atoms with E-state index in [1.807, 2.05) is 54.8 Å². The molecule has 0 aliphatic carbocycles. The number of rotatable bonds is 9. The number of carbonyl (C=O) groups is 3. The van der Waals surface area contributed by atoms with Crippen molar-refractivity contribution in [3.05, 3.63) is 41.6 Å². The third kappa shape index (κ3) is 10.3. The number of carboxylic acid groups (broad SMARTS) is 1. The molecule has 1 atom stereocenters. The third-order valence-corrected chi connectivity index (χ3v) is 6.41. The zero-order valence-corrected chi connectivity index (χ0v) is 26.7. The summed E-state index contributed by atoms with van der Waals surface area (Å²) in [6.45, 7) is 15.7. The molecule has 0 aliphatic heterocycles. The van der Waals surface area contributed by atoms with Gasteiger partial charge in [-0.3, -0.25) is 9.59 Å². The van der Waals surface area contributed by atoms with Gasteiger partial charge in [0, 0.05) is 67.9 Å². The fourth-order valence-electron chi connectivity index (χ4n) is 4.12. The Balaban J connectivity index is 0.00000284. The summed E-state index contributed by atoms with van der Waals surface area (Å²) < 4.78 is 2.06. The monoisotopic (exact) mass is 559 g/mol. The van der Waals surface area contributed by atoms with Crippen LogP contribution in [0.3, 0.4) is 0 Å². The van der Waals surface area contributed by atoms with Crippen LogP contribution in [0, 0.1) is 5.41 Å². The maximum atomic E-state index is 13.2. The van der Waals surface area contributed by atoms with Gasteiger partial charge in [-0.05, 0) is 43.1 Å². The molecule has 0 saturated heterocycles. The number of aliphatic carboxylic acids is 1. The van der Waals surface area contributed by atoms with Crippen LogP contribution in [0.25, 0.3) is 10.9 Å². The number of hydrogen-bond donors (Lipinski definition) is 4. The predicted octanol–water partition coefficient (Wildman–Crippen LogP) is 4.90. The second-order valence-corrected chi connectivity index (χ2v) is 11.7. The number of benzene rings is 1. The van der Waals surface area contributed by atoms with Crippen LogP contribution in [0.1, 0.15) is 73.8 Å². The van der Waals surface area contributed by atoms with E-state index in [-0.39, 0.29) is 30.4 Å². The molecule has 0 aliphatic rings. The van der Waals surface area contributed by atoms with Crippen molar-refractivity contribution >= 4 is 34.4 Å². The average molecular weight is 560 g/mol. The molecule has 2 amide bonds. The second-order valence-electron chi connectivity index (χ2n) is 11.7. The van der Waals surface area contributed by atoms with Crippen molar-refractivity contribution in [2.75, 3.05) is 33.0 Å². The highest BCUT2D eigenvalue weighted by molar-refractivity contribution is 5.91. The summed E-state index contributed by atoms with van der Waals surface area (Å²) in [5, 5.41) is 16.3. The fourth-order valence-corrected chi connectivity index (χ4v) is 4.12. The Morgan fingerprint density at radius 1 is 1.12 bits per heavy atom. The number of aryl methyl sites for hydroxylation is 1. The Morgan fingerprint density at radius 2 is 1.68 bits per heavy atom. The summed E-state index contributed by atoms with van der Waals surface area (Å²) in [5.74, 6) is -1.50. The Labute approximate surface area is 241 Å². The molecule has 226 valence electrons. The number of nitrogens with zero attached hydrogens (tertiary/aromatic N) is 2. The summed E-state index contributed by atoms with van der Waals surface area (Å²) in [6, 6.07) is 5.42. The van der Waals surface area contributed by atoms with Crippen molar-refractivity contribution in [1.82, 2.24) is 14.8 Å². The molecule has 0 spiro atoms. The Hall–Kier alpha value is -3.33. The predicted molar refractivity (Wildman–Crippen MR) is 167 cm³/mol. The van der Waals surface area contributed by atoms with Crippen molar-refractivity contribution in [1.29, 1.82) is 0 Å². The third-order valence-electron chi connectivity index (χ3n) is 6.41. The average Bonchev–Trinajstić information content (AvgIpc) is 3.22. The van der Waals surface area contributed by atoms with E-state index in [1.54, 1.807) is 7.05 Å². The number of fused-ring (bicyclic) bond motifs is 1. The molecule has 0 radical (unpaired) electrons. The van der Waals surface area contributed by atoms with Gasteiger partial charge in [0.15, 0.2) is 0 Å². The van der Waals surface area contributed by atoms with E-state index in [0.29, 0.717) is 0 Å². The molecular formula is C31H53N5O4. The number of likely N-dealkylation sites (N-methyl/N-ethyl adjacent to an activating group) is 1. The number of nitrogens with one attached hydrogen (secondary N) is 2. The number of carboxylic acids is 1. The lowest BCUT2D eigenvalue weighted by molar-refractivity contribution is -0.138. The number of nitrogens with two attached hydrogens (primary N) is 1. The summed E-state index contributed by atoms with van der Waals surface area (Å²) in [7, 11) is 6.98. The van der Waals surface area contributed by atoms with Crippen molar-refractivity contribution in [2.45, 2.75) is 79.7 Å². The first-order chi connectivity index (χ1) is 18.5. The van der Waals surface area contributed by atoms with Crippen molar-refractivity contribution < 1.29 is 19.5 Å². The van der Waals surface area contributed by atoms with Crippen LogP contribution in [0.4, 0.5) is 5.69 Å². The van der Waals surface area contributed by atoms with E-state index in [1.165, 1.54) is 31.4 Å². The molecule has 1 aromatic carbocycles. The normalized spacial score (nSPS) is 12.4. The summed E-state index contributed by atoms with van der Waals surface area (Å²) in [6.07, 6.45) is 5.01. The van der Waals surface area contributed by atoms with Crippen LogP contribution < -0.4 is 16.4 Å². The SMILES string of the molecule is CCC.CN.CNc1ccc2c(c1)c(C(C)(C)CC(=O)NC(C(=O)N(C)C/C=C(\C)C(=O)O)C(C)(C)C)cn2C. The van der Waals surface area contributed by atoms with Crippen LogP contribution in [0.2, 0.25) is 0 Å². The highest BCUT2D eigenvalue weighted by atomic mass is 16.4. The van der Waals surface area contributed by atoms with Gasteiger partial charge < -0.3 is 30.9 Å². The molecule has 0 fully saturated rings. The molecule has 2 rings (SSSR count). The first-order valence-corrected chi connectivity index (χ1v) is 13.8. The lowest BCUT2D eigenvalue weighted by atomic mass is 9.80. The number of anilines is 1. The van der Waals surface area contributed by atoms with E-state index in [2.05, 4.69) is 53.1 Å². The quantitative estimate of drug-likeness (QED) is 0.324. The van der Waals surface area contributed by atoms with E-state index in [9.17, 15) is 14.4 Å². The molecule has 1 unspecified atom stereocenters. The maximum Gasteiger partial charge on any atom is 0.331 e. The Bertz CT molecular complexity index is 1160. The van der Waals surface area contributed by atoms with Crippen LogP contribution >= 0.6 is 0 Å². The molecule has 9 heteroatoms. The Kier molecular flexibility index (Phi) is 14.7. The summed E-state index contributed by atoms with van der Waals surface area (Å²) in [4.78, 5) is 39.0. The molecule has 9 nitrogen and oxygen atoms in total. The van der Waals surface area contributed by atoms with E-state index in [4.69, 9.17) is 5.11 Å². The van der Waals surface area contributed by atoms with Crippen LogP contribution in [0.5, 0.6) is 0 Å². The topological polar surface area (TPSA) is 130 Å². The highest BCUT2D eigenvalue weighted by Gasteiger charge is 2.36. The molecule has 1 aromatic heterocycles. The molecule has 40 heavy (non-hydrogen) atoms. The van der Waals surface area contributed by atoms with E-state index >= 15 is 0 Å². The van der Waals surface area contributed by atoms with Gasteiger partial charge in [0.05, 0.1) is 0 Å². The number of amides is 2. The minimum atomic E-state index is -1.02. The summed E-state index contributed by atoms with van der Waals surface area (Å²) in [5.41, 5.74) is 6.80. The molecule has 1 heterocycles. The smallest absolute Gasteiger partial charge is 0.331 e. The number of aromatic nitrogens is 1. The van der Waals surface area contributed by atoms with Gasteiger partial charge in [-0.1, -0.05) is 61.0 Å². The Morgan fingerprint density at radius 3 is 2.15 bits per heavy atom. The zero-order chi connectivity index (χ0) is 31.4. The molecule has 0 bridgehead atoms. The van der Waals surface area contributed by atoms with Gasteiger partial charge >= 0.3 is 5.97 Å². The van der Waals surface area contributed by atoms with Crippen LogP contribution in [-0.2, 0) is 26.8 Å². The highest BCUT2D eigenvalue weighted by Crippen LogP contribution is 2.35. The minimum absolute atomic E-state index is 0.148. The molecule has 5 N–H and O–H groups in total. The first kappa shape index (κ1) is 36.7. The standard InChI is InChI=1S/C27H40N4O4.C3H8.CH5N/c1-17(25(34)35)12-13-30(8)24(33)23(26(2,3)4)29-22(32)15-27(5,6)20-16-31(9)21-11-10-18(28-7)14-19(20)21;1-3-2;1-2/h10-12,14,16,23,28H,13,15H2,1-9H3,(H,29,32)(H,34,35);3H2,1-2H3;2H2,1H3/b17-12+;;. The number of hydrogen-bond acceptors (Lipinski definition) is 5. The van der Waals surface area contributed by atoms with Gasteiger partial charge in [-0.25, -0.2) is 4.79 Å². The first-order valence-electron chi connectivity index (χ1n) is 13.8. The fraction of sp³-hybridized carbons (Fsp3) is 0.581. The largest absolute Gasteiger partial charge is 0.478 e. The van der Waals surface area contributed by atoms with E-state index in [0.717, 1.165) is 22.2 Å². The van der Waals surface area contributed by atoms with Gasteiger partial charge in [-0.15, -0.1) is 0 Å². The van der Waals surface area contributed by atoms with Crippen LogP contribution in [-0.4, -0.2) is 66.1 Å². The van der Waals surface area contributed by atoms with Gasteiger partial charge in [0.1, 0.15) is 6.04 Å². The van der Waals surface area contributed by atoms with Crippen molar-refractivity contribution in [2.24, 2.45) is 18.2 Å². The van der Waals surface area contributed by atoms with Crippen LogP contribution in [0.15, 0.2) is 36.0 Å². The minimum Gasteiger partial charge on any atom is -0.478 e. The van der Waals surface area contributed by atoms with Gasteiger partial charge in [0.25, 0.3) is 0 Å². The van der Waals surface area contributed by atoms with Gasteiger partial charge in [0.2, 0.25) is 11.8 Å². The lowest BCUT2D eigenvalue weighted by Gasteiger charge is -2.34. The van der Waals surface area contributed by atoms with E-state index < -0.39 is 22.8 Å². The number of carbonyl (C=O) groups excluding carboxylic acids is 2. The maximum absolute atomic E-state index is 13.2.